The third-order valence-corrected chi connectivity index (χ3v) is 5.83. The molecular weight excluding hydrogens is 396 g/mol. The number of anilines is 1. The van der Waals surface area contributed by atoms with E-state index in [0.717, 1.165) is 23.4 Å². The number of hydrogen-bond acceptors (Lipinski definition) is 7. The number of methoxy groups -OCH3 is 3. The molecule has 3 rings (SSSR count). The zero-order valence-electron chi connectivity index (χ0n) is 16.0. The molecular formula is C20H22N2O4S2. The quantitative estimate of drug-likeness (QED) is 0.476. The predicted octanol–water partition coefficient (Wildman–Crippen LogP) is 4.57. The maximum Gasteiger partial charge on any atom is 0.270 e. The summed E-state index contributed by atoms with van der Waals surface area (Å²) in [5.74, 6) is 1.37. The lowest BCUT2D eigenvalue weighted by Crippen LogP contribution is -2.31. The van der Waals surface area contributed by atoms with E-state index in [4.69, 9.17) is 19.2 Å². The number of carbonyl (C=O) groups is 1. The molecule has 0 unspecified atom stereocenters. The maximum atomic E-state index is 13.0. The Bertz CT molecular complexity index is 909. The van der Waals surface area contributed by atoms with E-state index in [1.165, 1.54) is 22.7 Å². The van der Waals surface area contributed by atoms with E-state index < -0.39 is 0 Å². The number of nitrogens with zero attached hydrogens (tertiary/aromatic N) is 2. The first kappa shape index (κ1) is 20.3. The van der Waals surface area contributed by atoms with Crippen LogP contribution < -0.4 is 14.4 Å². The highest BCUT2D eigenvalue weighted by molar-refractivity contribution is 7.14. The topological polar surface area (TPSA) is 60.9 Å². The number of hydrogen-bond donors (Lipinski definition) is 0. The summed E-state index contributed by atoms with van der Waals surface area (Å²) in [5.41, 5.74) is 1.57. The SMILES string of the molecule is COCCCN(C(=O)c1cccs1)c1nc(-c2cc(OC)ccc2OC)cs1. The van der Waals surface area contributed by atoms with E-state index in [1.807, 2.05) is 41.1 Å². The summed E-state index contributed by atoms with van der Waals surface area (Å²) in [6, 6.07) is 9.27. The van der Waals surface area contributed by atoms with Crippen molar-refractivity contribution in [2.75, 3.05) is 39.4 Å². The molecule has 0 aliphatic rings. The number of carbonyl (C=O) groups excluding carboxylic acids is 1. The van der Waals surface area contributed by atoms with E-state index in [1.54, 1.807) is 26.2 Å². The van der Waals surface area contributed by atoms with Crippen molar-refractivity contribution in [2.45, 2.75) is 6.42 Å². The van der Waals surface area contributed by atoms with Crippen molar-refractivity contribution in [1.82, 2.24) is 4.98 Å². The van der Waals surface area contributed by atoms with Gasteiger partial charge in [0.1, 0.15) is 11.5 Å². The van der Waals surface area contributed by atoms with Crippen LogP contribution in [-0.4, -0.2) is 45.4 Å². The van der Waals surface area contributed by atoms with Crippen LogP contribution >= 0.6 is 22.7 Å². The van der Waals surface area contributed by atoms with Gasteiger partial charge in [-0.2, -0.15) is 0 Å². The minimum atomic E-state index is -0.0513. The Morgan fingerprint density at radius 2 is 2.00 bits per heavy atom. The van der Waals surface area contributed by atoms with Gasteiger partial charge in [-0.05, 0) is 36.1 Å². The van der Waals surface area contributed by atoms with Crippen molar-refractivity contribution in [3.8, 4) is 22.8 Å². The number of aromatic nitrogens is 1. The van der Waals surface area contributed by atoms with Gasteiger partial charge in [0, 0.05) is 31.2 Å². The van der Waals surface area contributed by atoms with Crippen LogP contribution in [0.15, 0.2) is 41.1 Å². The van der Waals surface area contributed by atoms with Gasteiger partial charge in [0.25, 0.3) is 5.91 Å². The van der Waals surface area contributed by atoms with Crippen molar-refractivity contribution < 1.29 is 19.0 Å². The molecule has 0 saturated carbocycles. The molecule has 0 atom stereocenters. The second kappa shape index (κ2) is 9.68. The Balaban J connectivity index is 1.93. The lowest BCUT2D eigenvalue weighted by molar-refractivity contribution is 0.0987. The molecule has 2 heterocycles. The molecule has 0 spiro atoms. The summed E-state index contributed by atoms with van der Waals surface area (Å²) >= 11 is 2.86. The van der Waals surface area contributed by atoms with E-state index in [0.29, 0.717) is 28.9 Å². The van der Waals surface area contributed by atoms with Gasteiger partial charge >= 0.3 is 0 Å². The molecule has 2 aromatic heterocycles. The second-order valence-corrected chi connectivity index (χ2v) is 7.65. The fourth-order valence-corrected chi connectivity index (χ4v) is 4.23. The Kier molecular flexibility index (Phi) is 7.02. The minimum absolute atomic E-state index is 0.0513. The van der Waals surface area contributed by atoms with E-state index in [9.17, 15) is 4.79 Å². The first-order valence-corrected chi connectivity index (χ1v) is 10.5. The smallest absolute Gasteiger partial charge is 0.270 e. The van der Waals surface area contributed by atoms with Crippen LogP contribution in [0.4, 0.5) is 5.13 Å². The summed E-state index contributed by atoms with van der Waals surface area (Å²) < 4.78 is 15.9. The lowest BCUT2D eigenvalue weighted by atomic mass is 10.1. The highest BCUT2D eigenvalue weighted by atomic mass is 32.1. The van der Waals surface area contributed by atoms with Crippen LogP contribution in [0.25, 0.3) is 11.3 Å². The van der Waals surface area contributed by atoms with Crippen molar-refractivity contribution >= 4 is 33.7 Å². The number of rotatable bonds is 9. The lowest BCUT2D eigenvalue weighted by Gasteiger charge is -2.19. The molecule has 148 valence electrons. The van der Waals surface area contributed by atoms with Crippen molar-refractivity contribution in [2.24, 2.45) is 0 Å². The van der Waals surface area contributed by atoms with E-state index >= 15 is 0 Å². The van der Waals surface area contributed by atoms with Crippen LogP contribution in [0, 0.1) is 0 Å². The molecule has 0 radical (unpaired) electrons. The average molecular weight is 419 g/mol. The number of thiazole rings is 1. The van der Waals surface area contributed by atoms with Crippen molar-refractivity contribution in [3.63, 3.8) is 0 Å². The maximum absolute atomic E-state index is 13.0. The van der Waals surface area contributed by atoms with Gasteiger partial charge in [-0.25, -0.2) is 4.98 Å². The fraction of sp³-hybridized carbons (Fsp3) is 0.300. The molecule has 0 aliphatic heterocycles. The van der Waals surface area contributed by atoms with Crippen molar-refractivity contribution in [3.05, 3.63) is 46.0 Å². The predicted molar refractivity (Wildman–Crippen MR) is 113 cm³/mol. The highest BCUT2D eigenvalue weighted by Crippen LogP contribution is 2.36. The molecule has 0 N–H and O–H groups in total. The van der Waals surface area contributed by atoms with Crippen LogP contribution in [-0.2, 0) is 4.74 Å². The highest BCUT2D eigenvalue weighted by Gasteiger charge is 2.22. The van der Waals surface area contributed by atoms with Gasteiger partial charge in [0.15, 0.2) is 5.13 Å². The second-order valence-electron chi connectivity index (χ2n) is 5.86. The number of thiophene rings is 1. The zero-order chi connectivity index (χ0) is 19.9. The van der Waals surface area contributed by atoms with Gasteiger partial charge in [0.05, 0.1) is 24.8 Å². The van der Waals surface area contributed by atoms with Crippen LogP contribution in [0.1, 0.15) is 16.1 Å². The number of amides is 1. The molecule has 1 amide bonds. The van der Waals surface area contributed by atoms with Gasteiger partial charge < -0.3 is 14.2 Å². The van der Waals surface area contributed by atoms with Gasteiger partial charge in [-0.3, -0.25) is 9.69 Å². The fourth-order valence-electron chi connectivity index (χ4n) is 2.71. The molecule has 0 aliphatic carbocycles. The monoisotopic (exact) mass is 418 g/mol. The number of ether oxygens (including phenoxy) is 3. The summed E-state index contributed by atoms with van der Waals surface area (Å²) in [4.78, 5) is 20.1. The molecule has 3 aromatic rings. The zero-order valence-corrected chi connectivity index (χ0v) is 17.6. The molecule has 0 bridgehead atoms. The third-order valence-electron chi connectivity index (χ3n) is 4.11. The van der Waals surface area contributed by atoms with E-state index in [-0.39, 0.29) is 5.91 Å². The van der Waals surface area contributed by atoms with Crippen LogP contribution in [0.3, 0.4) is 0 Å². The molecule has 0 saturated heterocycles. The summed E-state index contributed by atoms with van der Waals surface area (Å²) in [6.45, 7) is 1.11. The van der Waals surface area contributed by atoms with Gasteiger partial charge in [0.2, 0.25) is 0 Å². The Morgan fingerprint density at radius 1 is 1.14 bits per heavy atom. The van der Waals surface area contributed by atoms with Crippen LogP contribution in [0.2, 0.25) is 0 Å². The summed E-state index contributed by atoms with van der Waals surface area (Å²) in [7, 11) is 4.90. The largest absolute Gasteiger partial charge is 0.497 e. The molecule has 0 fully saturated rings. The minimum Gasteiger partial charge on any atom is -0.497 e. The Hall–Kier alpha value is -2.42. The van der Waals surface area contributed by atoms with Gasteiger partial charge in [-0.15, -0.1) is 22.7 Å². The van der Waals surface area contributed by atoms with Gasteiger partial charge in [-0.1, -0.05) is 6.07 Å². The Morgan fingerprint density at radius 3 is 2.68 bits per heavy atom. The standard InChI is InChI=1S/C20H22N2O4S2/c1-24-10-5-9-22(19(23)18-6-4-11-27-18)20-21-16(13-28-20)15-12-14(25-2)7-8-17(15)26-3/h4,6-8,11-13H,5,9-10H2,1-3H3. The van der Waals surface area contributed by atoms with Crippen molar-refractivity contribution in [1.29, 1.82) is 0 Å². The van der Waals surface area contributed by atoms with E-state index in [2.05, 4.69) is 0 Å². The molecule has 28 heavy (non-hydrogen) atoms. The first-order valence-electron chi connectivity index (χ1n) is 8.70. The Labute approximate surface area is 172 Å². The third kappa shape index (κ3) is 4.52. The average Bonchev–Trinajstić information content (AvgIpc) is 3.42. The molecule has 8 heteroatoms. The summed E-state index contributed by atoms with van der Waals surface area (Å²) in [6.07, 6.45) is 0.727. The molecule has 6 nitrogen and oxygen atoms in total. The normalized spacial score (nSPS) is 10.7. The first-order chi connectivity index (χ1) is 13.7. The van der Waals surface area contributed by atoms with Crippen LogP contribution in [0.5, 0.6) is 11.5 Å². The number of benzene rings is 1. The molecule has 1 aromatic carbocycles. The summed E-state index contributed by atoms with van der Waals surface area (Å²) in [5, 5.41) is 4.47.